The van der Waals surface area contributed by atoms with Crippen molar-refractivity contribution in [3.05, 3.63) is 74.9 Å². The van der Waals surface area contributed by atoms with Gasteiger partial charge in [0, 0.05) is 36.8 Å². The number of ether oxygens (including phenoxy) is 1. The number of amides is 1. The Kier molecular flexibility index (Phi) is 10.7. The number of benzene rings is 2. The molecule has 0 bridgehead atoms. The van der Waals surface area contributed by atoms with Crippen molar-refractivity contribution in [3.63, 3.8) is 0 Å². The fourth-order valence-corrected chi connectivity index (χ4v) is 5.71. The van der Waals surface area contributed by atoms with E-state index in [1.165, 1.54) is 4.68 Å². The van der Waals surface area contributed by atoms with Crippen molar-refractivity contribution in [1.82, 2.24) is 34.0 Å². The first-order valence-electron chi connectivity index (χ1n) is 15.7. The highest BCUT2D eigenvalue weighted by Gasteiger charge is 2.34. The topological polar surface area (TPSA) is 132 Å². The number of alkyl halides is 3. The Morgan fingerprint density at radius 3 is 2.43 bits per heavy atom. The van der Waals surface area contributed by atoms with Crippen LogP contribution in [0.25, 0.3) is 17.1 Å². The highest BCUT2D eigenvalue weighted by Crippen LogP contribution is 2.27. The number of likely N-dealkylation sites (tertiary alicyclic amines) is 1. The second-order valence-corrected chi connectivity index (χ2v) is 13.7. The lowest BCUT2D eigenvalue weighted by Gasteiger charge is -2.28. The summed E-state index contributed by atoms with van der Waals surface area (Å²) in [5, 5.41) is 24.4. The molecule has 0 saturated carbocycles. The van der Waals surface area contributed by atoms with Crippen LogP contribution in [0.5, 0.6) is 0 Å². The van der Waals surface area contributed by atoms with Crippen LogP contribution in [-0.2, 0) is 17.8 Å². The number of aromatic nitrogens is 6. The van der Waals surface area contributed by atoms with Gasteiger partial charge < -0.3 is 20.1 Å². The highest BCUT2D eigenvalue weighted by molar-refractivity contribution is 6.32. The van der Waals surface area contributed by atoms with E-state index in [0.29, 0.717) is 40.7 Å². The third kappa shape index (κ3) is 9.34. The molecule has 5 rings (SSSR count). The third-order valence-electron chi connectivity index (χ3n) is 7.81. The van der Waals surface area contributed by atoms with Crippen LogP contribution >= 0.6 is 23.2 Å². The molecule has 1 aliphatic rings. The minimum atomic E-state index is -4.50. The molecule has 2 N–H and O–H groups in total. The van der Waals surface area contributed by atoms with Crippen LogP contribution in [0, 0.1) is 0 Å². The summed E-state index contributed by atoms with van der Waals surface area (Å²) >= 11 is 12.5. The van der Waals surface area contributed by atoms with Crippen LogP contribution < -0.4 is 11.0 Å². The Balaban J connectivity index is 1.42. The summed E-state index contributed by atoms with van der Waals surface area (Å²) in [6.45, 7) is 5.22. The van der Waals surface area contributed by atoms with Crippen LogP contribution in [-0.4, -0.2) is 82.2 Å². The van der Waals surface area contributed by atoms with Gasteiger partial charge in [0.15, 0.2) is 11.6 Å². The molecular formula is C32H37Cl2F3N8O4. The molecule has 17 heteroatoms. The van der Waals surface area contributed by atoms with E-state index < -0.39 is 42.1 Å². The van der Waals surface area contributed by atoms with Crippen LogP contribution in [0.4, 0.5) is 23.9 Å². The summed E-state index contributed by atoms with van der Waals surface area (Å²) in [5.74, 6) is 0.342. The summed E-state index contributed by atoms with van der Waals surface area (Å²) in [7, 11) is 0. The van der Waals surface area contributed by atoms with Crippen molar-refractivity contribution < 1.29 is 27.8 Å². The van der Waals surface area contributed by atoms with E-state index in [1.54, 1.807) is 74.2 Å². The maximum Gasteiger partial charge on any atom is 0.410 e. The van der Waals surface area contributed by atoms with Crippen LogP contribution in [0.3, 0.4) is 0 Å². The lowest BCUT2D eigenvalue weighted by atomic mass is 9.95. The number of anilines is 1. The maximum absolute atomic E-state index is 13.4. The van der Waals surface area contributed by atoms with Crippen molar-refractivity contribution in [2.24, 2.45) is 0 Å². The zero-order chi connectivity index (χ0) is 35.6. The number of para-hydroxylation sites is 1. The van der Waals surface area contributed by atoms with Crippen LogP contribution in [0.2, 0.25) is 10.0 Å². The van der Waals surface area contributed by atoms with E-state index in [1.807, 2.05) is 0 Å². The zero-order valence-corrected chi connectivity index (χ0v) is 28.7. The second-order valence-electron chi connectivity index (χ2n) is 12.9. The van der Waals surface area contributed by atoms with Gasteiger partial charge in [0.05, 0.1) is 22.7 Å². The number of aliphatic hydroxyl groups is 1. The van der Waals surface area contributed by atoms with E-state index in [-0.39, 0.29) is 43.7 Å². The van der Waals surface area contributed by atoms with Crippen molar-refractivity contribution in [1.29, 1.82) is 0 Å². The smallest absolute Gasteiger partial charge is 0.410 e. The molecule has 1 aliphatic heterocycles. The van der Waals surface area contributed by atoms with Crippen molar-refractivity contribution in [2.45, 2.75) is 76.9 Å². The molecule has 1 atom stereocenters. The van der Waals surface area contributed by atoms with E-state index in [4.69, 9.17) is 27.9 Å². The number of nitrogens with one attached hydrogen (secondary N) is 1. The average Bonchev–Trinajstić information content (AvgIpc) is 3.48. The van der Waals surface area contributed by atoms with Gasteiger partial charge in [0.1, 0.15) is 12.1 Å². The molecular weight excluding hydrogens is 688 g/mol. The molecule has 1 unspecified atom stereocenters. The molecule has 12 nitrogen and oxygen atoms in total. The lowest BCUT2D eigenvalue weighted by molar-refractivity contribution is -0.136. The summed E-state index contributed by atoms with van der Waals surface area (Å²) in [6, 6.07) is 13.1. The molecule has 0 spiro atoms. The number of carbonyl (C=O) groups is 1. The summed E-state index contributed by atoms with van der Waals surface area (Å²) in [4.78, 5) is 32.2. The Morgan fingerprint density at radius 2 is 1.76 bits per heavy atom. The van der Waals surface area contributed by atoms with Crippen molar-refractivity contribution in [3.8, 4) is 17.1 Å². The minimum absolute atomic E-state index is 0.0332. The summed E-state index contributed by atoms with van der Waals surface area (Å²) < 4.78 is 48.4. The number of hydrogen-bond donors (Lipinski definition) is 2. The van der Waals surface area contributed by atoms with Gasteiger partial charge >= 0.3 is 18.0 Å². The quantitative estimate of drug-likeness (QED) is 0.210. The standard InChI is InChI=1S/C32H37Cl2F3N8O4/c1-30(2,3)49-29(47)42-16-6-13-31(48,14-17-42)20-38-27-39-25(40-45(27)24-8-5-4-7-23(24)34)19-44-28(46)43(18-15-32(35,36)37)26(41-44)21-9-11-22(33)12-10-21/h4-5,7-12,48H,6,13-20H2,1-3H3,(H,38,39,40). The fourth-order valence-electron chi connectivity index (χ4n) is 5.37. The fraction of sp³-hybridized carbons (Fsp3) is 0.469. The van der Waals surface area contributed by atoms with Crippen LogP contribution in [0.1, 0.15) is 52.3 Å². The number of hydrogen-bond acceptors (Lipinski definition) is 8. The van der Waals surface area contributed by atoms with E-state index in [2.05, 4.69) is 20.5 Å². The Morgan fingerprint density at radius 1 is 1.04 bits per heavy atom. The van der Waals surface area contributed by atoms with E-state index in [9.17, 15) is 27.9 Å². The molecule has 1 amide bonds. The summed E-state index contributed by atoms with van der Waals surface area (Å²) in [5.41, 5.74) is -1.78. The molecule has 3 heterocycles. The van der Waals surface area contributed by atoms with Crippen molar-refractivity contribution >= 4 is 35.2 Å². The van der Waals surface area contributed by atoms with Gasteiger partial charge in [-0.3, -0.25) is 4.57 Å². The molecule has 49 heavy (non-hydrogen) atoms. The first kappa shape index (κ1) is 36.2. The predicted molar refractivity (Wildman–Crippen MR) is 178 cm³/mol. The molecule has 2 aromatic carbocycles. The van der Waals surface area contributed by atoms with Gasteiger partial charge in [-0.2, -0.15) is 22.8 Å². The molecule has 264 valence electrons. The van der Waals surface area contributed by atoms with Crippen molar-refractivity contribution in [2.75, 3.05) is 25.0 Å². The Bertz CT molecular complexity index is 1840. The maximum atomic E-state index is 13.4. The Labute approximate surface area is 290 Å². The first-order valence-corrected chi connectivity index (χ1v) is 16.4. The van der Waals surface area contributed by atoms with E-state index in [0.717, 1.165) is 9.25 Å². The number of nitrogens with zero attached hydrogens (tertiary/aromatic N) is 7. The van der Waals surface area contributed by atoms with Gasteiger partial charge in [-0.1, -0.05) is 35.3 Å². The first-order chi connectivity index (χ1) is 23.0. The monoisotopic (exact) mass is 724 g/mol. The van der Waals surface area contributed by atoms with Gasteiger partial charge in [-0.15, -0.1) is 10.2 Å². The molecule has 0 radical (unpaired) electrons. The highest BCUT2D eigenvalue weighted by atomic mass is 35.5. The lowest BCUT2D eigenvalue weighted by Crippen LogP contribution is -2.40. The normalized spacial score (nSPS) is 17.2. The SMILES string of the molecule is CC(C)(C)OC(=O)N1CCCC(O)(CNc2nc(Cn3nc(-c4ccc(Cl)cc4)n(CCC(F)(F)F)c3=O)nn2-c2ccccc2Cl)CC1. The van der Waals surface area contributed by atoms with Gasteiger partial charge in [-0.25, -0.2) is 14.3 Å². The number of rotatable bonds is 9. The van der Waals surface area contributed by atoms with Crippen LogP contribution in [0.15, 0.2) is 53.3 Å². The van der Waals surface area contributed by atoms with Gasteiger partial charge in [0.25, 0.3) is 0 Å². The average molecular weight is 726 g/mol. The number of carbonyl (C=O) groups excluding carboxylic acids is 1. The molecule has 4 aromatic rings. The second kappa shape index (κ2) is 14.4. The van der Waals surface area contributed by atoms with E-state index >= 15 is 0 Å². The Hall–Kier alpha value is -4.08. The zero-order valence-electron chi connectivity index (χ0n) is 27.2. The number of halogens is 5. The molecule has 1 saturated heterocycles. The van der Waals surface area contributed by atoms with Gasteiger partial charge in [0.2, 0.25) is 5.95 Å². The third-order valence-corrected chi connectivity index (χ3v) is 8.38. The largest absolute Gasteiger partial charge is 0.444 e. The van der Waals surface area contributed by atoms with Gasteiger partial charge in [-0.05, 0) is 76.4 Å². The molecule has 0 aliphatic carbocycles. The molecule has 2 aromatic heterocycles. The molecule has 1 fully saturated rings. The minimum Gasteiger partial charge on any atom is -0.444 e. The predicted octanol–water partition coefficient (Wildman–Crippen LogP) is 6.16. The summed E-state index contributed by atoms with van der Waals surface area (Å²) in [6.07, 6.45) is -4.97.